The number of aromatic nitrogens is 2. The largest absolute Gasteiger partial charge is 0.475 e. The summed E-state index contributed by atoms with van der Waals surface area (Å²) >= 11 is 1.90. The summed E-state index contributed by atoms with van der Waals surface area (Å²) in [5.74, 6) is 1.52. The van der Waals surface area contributed by atoms with Crippen LogP contribution in [0.25, 0.3) is 10.9 Å². The molecule has 3 rings (SSSR count). The molecular weight excluding hydrogens is 262 g/mol. The van der Waals surface area contributed by atoms with Crippen LogP contribution >= 0.6 is 11.8 Å². The van der Waals surface area contributed by atoms with Gasteiger partial charge >= 0.3 is 5.97 Å². The van der Waals surface area contributed by atoms with Gasteiger partial charge in [0.15, 0.2) is 0 Å². The molecule has 1 atom stereocenters. The van der Waals surface area contributed by atoms with Crippen molar-refractivity contribution in [3.05, 3.63) is 30.1 Å². The van der Waals surface area contributed by atoms with E-state index in [9.17, 15) is 4.79 Å². The molecule has 1 fully saturated rings. The van der Waals surface area contributed by atoms with Gasteiger partial charge in [0.25, 0.3) is 0 Å². The van der Waals surface area contributed by atoms with E-state index in [2.05, 4.69) is 15.3 Å². The van der Waals surface area contributed by atoms with Crippen LogP contribution in [0.2, 0.25) is 0 Å². The summed E-state index contributed by atoms with van der Waals surface area (Å²) in [6.45, 7) is 0. The number of anilines is 1. The van der Waals surface area contributed by atoms with E-state index in [-0.39, 0.29) is 5.82 Å². The Bertz CT molecular complexity index is 626. The third-order valence-electron chi connectivity index (χ3n) is 3.07. The van der Waals surface area contributed by atoms with Gasteiger partial charge in [-0.1, -0.05) is 12.1 Å². The van der Waals surface area contributed by atoms with Crippen molar-refractivity contribution < 1.29 is 9.90 Å². The van der Waals surface area contributed by atoms with E-state index in [0.717, 1.165) is 23.3 Å². The average Bonchev–Trinajstić information content (AvgIpc) is 2.91. The van der Waals surface area contributed by atoms with E-state index >= 15 is 0 Å². The predicted octanol–water partition coefficient (Wildman–Crippen LogP) is 2.25. The van der Waals surface area contributed by atoms with Crippen LogP contribution in [0, 0.1) is 0 Å². The molecule has 1 aromatic carbocycles. The van der Waals surface area contributed by atoms with Crippen molar-refractivity contribution in [1.82, 2.24) is 9.97 Å². The quantitative estimate of drug-likeness (QED) is 0.894. The molecule has 0 radical (unpaired) electrons. The number of carboxylic acids is 1. The zero-order valence-electron chi connectivity index (χ0n) is 10.2. The molecule has 98 valence electrons. The summed E-state index contributed by atoms with van der Waals surface area (Å²) in [7, 11) is 0. The van der Waals surface area contributed by atoms with Gasteiger partial charge in [-0.05, 0) is 24.3 Å². The Morgan fingerprint density at radius 1 is 1.37 bits per heavy atom. The normalized spacial score (nSPS) is 18.6. The Morgan fingerprint density at radius 2 is 2.21 bits per heavy atom. The number of carboxylic acid groups (broad SMARTS) is 1. The monoisotopic (exact) mass is 275 g/mol. The standard InChI is InChI=1S/C13H13N3O2S/c17-13(18)12-15-10-4-2-1-3-9(10)11(16-12)14-8-5-6-19-7-8/h1-4,8H,5-7H2,(H,17,18)(H,14,15,16). The zero-order valence-corrected chi connectivity index (χ0v) is 11.0. The van der Waals surface area contributed by atoms with Crippen LogP contribution in [0.15, 0.2) is 24.3 Å². The number of nitrogens with zero attached hydrogens (tertiary/aromatic N) is 2. The highest BCUT2D eigenvalue weighted by Gasteiger charge is 2.18. The molecule has 1 aliphatic heterocycles. The first kappa shape index (κ1) is 12.2. The highest BCUT2D eigenvalue weighted by molar-refractivity contribution is 7.99. The number of aromatic carboxylic acids is 1. The lowest BCUT2D eigenvalue weighted by molar-refractivity contribution is 0.0684. The Morgan fingerprint density at radius 3 is 2.95 bits per heavy atom. The fourth-order valence-corrected chi connectivity index (χ4v) is 3.28. The Hall–Kier alpha value is -1.82. The number of rotatable bonds is 3. The van der Waals surface area contributed by atoms with Crippen molar-refractivity contribution in [1.29, 1.82) is 0 Å². The number of carbonyl (C=O) groups is 1. The molecule has 2 aromatic rings. The van der Waals surface area contributed by atoms with E-state index in [0.29, 0.717) is 17.4 Å². The van der Waals surface area contributed by atoms with Gasteiger partial charge in [0, 0.05) is 17.2 Å². The molecule has 19 heavy (non-hydrogen) atoms. The molecule has 0 spiro atoms. The molecule has 1 aliphatic rings. The molecule has 0 aliphatic carbocycles. The number of thioether (sulfide) groups is 1. The van der Waals surface area contributed by atoms with Crippen molar-refractivity contribution in [3.63, 3.8) is 0 Å². The van der Waals surface area contributed by atoms with Crippen molar-refractivity contribution >= 4 is 34.5 Å². The van der Waals surface area contributed by atoms with Crippen LogP contribution in [-0.4, -0.2) is 38.6 Å². The van der Waals surface area contributed by atoms with Crippen molar-refractivity contribution in [3.8, 4) is 0 Å². The molecule has 0 saturated carbocycles. The van der Waals surface area contributed by atoms with E-state index < -0.39 is 5.97 Å². The summed E-state index contributed by atoms with van der Waals surface area (Å²) in [4.78, 5) is 19.3. The maximum Gasteiger partial charge on any atom is 0.374 e. The van der Waals surface area contributed by atoms with Gasteiger partial charge in [0.2, 0.25) is 5.82 Å². The number of fused-ring (bicyclic) bond motifs is 1. The van der Waals surface area contributed by atoms with E-state index in [1.54, 1.807) is 6.07 Å². The first-order valence-electron chi connectivity index (χ1n) is 6.08. The summed E-state index contributed by atoms with van der Waals surface area (Å²) < 4.78 is 0. The van der Waals surface area contributed by atoms with Gasteiger partial charge < -0.3 is 10.4 Å². The predicted molar refractivity (Wildman–Crippen MR) is 75.9 cm³/mol. The number of benzene rings is 1. The molecule has 0 amide bonds. The lowest BCUT2D eigenvalue weighted by Gasteiger charge is -2.14. The van der Waals surface area contributed by atoms with Crippen molar-refractivity contribution in [2.75, 3.05) is 16.8 Å². The van der Waals surface area contributed by atoms with E-state index in [4.69, 9.17) is 5.11 Å². The molecular formula is C13H13N3O2S. The van der Waals surface area contributed by atoms with Crippen LogP contribution in [-0.2, 0) is 0 Å². The minimum atomic E-state index is -1.10. The average molecular weight is 275 g/mol. The van der Waals surface area contributed by atoms with Gasteiger partial charge in [-0.15, -0.1) is 0 Å². The lowest BCUT2D eigenvalue weighted by atomic mass is 10.2. The Balaban J connectivity index is 2.06. The highest BCUT2D eigenvalue weighted by Crippen LogP contribution is 2.25. The Kier molecular flexibility index (Phi) is 3.25. The van der Waals surface area contributed by atoms with Crippen LogP contribution < -0.4 is 5.32 Å². The fourth-order valence-electron chi connectivity index (χ4n) is 2.12. The minimum Gasteiger partial charge on any atom is -0.475 e. The first-order chi connectivity index (χ1) is 9.24. The number of hydrogen-bond acceptors (Lipinski definition) is 5. The number of hydrogen-bond donors (Lipinski definition) is 2. The van der Waals surface area contributed by atoms with Crippen LogP contribution in [0.5, 0.6) is 0 Å². The third kappa shape index (κ3) is 2.49. The second-order valence-electron chi connectivity index (χ2n) is 4.42. The van der Waals surface area contributed by atoms with Gasteiger partial charge in [-0.25, -0.2) is 14.8 Å². The molecule has 2 N–H and O–H groups in total. The minimum absolute atomic E-state index is 0.160. The number of para-hydroxylation sites is 1. The van der Waals surface area contributed by atoms with E-state index in [1.165, 1.54) is 0 Å². The summed E-state index contributed by atoms with van der Waals surface area (Å²) in [6, 6.07) is 7.81. The Labute approximate surface area is 114 Å². The second kappa shape index (κ2) is 5.05. The van der Waals surface area contributed by atoms with Crippen LogP contribution in [0.4, 0.5) is 5.82 Å². The summed E-state index contributed by atoms with van der Waals surface area (Å²) in [5, 5.41) is 13.3. The molecule has 6 heteroatoms. The molecule has 1 aromatic heterocycles. The third-order valence-corrected chi connectivity index (χ3v) is 4.23. The smallest absolute Gasteiger partial charge is 0.374 e. The van der Waals surface area contributed by atoms with Crippen molar-refractivity contribution in [2.24, 2.45) is 0 Å². The molecule has 1 unspecified atom stereocenters. The second-order valence-corrected chi connectivity index (χ2v) is 5.57. The van der Waals surface area contributed by atoms with Gasteiger partial charge in [-0.3, -0.25) is 0 Å². The number of nitrogens with one attached hydrogen (secondary N) is 1. The topological polar surface area (TPSA) is 75.1 Å². The molecule has 0 bridgehead atoms. The van der Waals surface area contributed by atoms with Crippen LogP contribution in [0.3, 0.4) is 0 Å². The fraction of sp³-hybridized carbons (Fsp3) is 0.308. The molecule has 2 heterocycles. The SMILES string of the molecule is O=C(O)c1nc(NC2CCSC2)c2ccccc2n1. The maximum absolute atomic E-state index is 11.1. The van der Waals surface area contributed by atoms with Gasteiger partial charge in [-0.2, -0.15) is 11.8 Å². The van der Waals surface area contributed by atoms with E-state index in [1.807, 2.05) is 30.0 Å². The van der Waals surface area contributed by atoms with Crippen molar-refractivity contribution in [2.45, 2.75) is 12.5 Å². The maximum atomic E-state index is 11.1. The van der Waals surface area contributed by atoms with Gasteiger partial charge in [0.1, 0.15) is 5.82 Å². The zero-order chi connectivity index (χ0) is 13.2. The van der Waals surface area contributed by atoms with Gasteiger partial charge in [0.05, 0.1) is 5.52 Å². The molecule has 1 saturated heterocycles. The van der Waals surface area contributed by atoms with Crippen LogP contribution in [0.1, 0.15) is 17.0 Å². The summed E-state index contributed by atoms with van der Waals surface area (Å²) in [5.41, 5.74) is 0.656. The molecule has 5 nitrogen and oxygen atoms in total. The summed E-state index contributed by atoms with van der Waals surface area (Å²) in [6.07, 6.45) is 1.07. The highest BCUT2D eigenvalue weighted by atomic mass is 32.2. The first-order valence-corrected chi connectivity index (χ1v) is 7.24. The lowest BCUT2D eigenvalue weighted by Crippen LogP contribution is -2.20.